The number of anilines is 1. The van der Waals surface area contributed by atoms with Gasteiger partial charge in [-0.15, -0.1) is 0 Å². The monoisotopic (exact) mass is 356 g/mol. The fourth-order valence-corrected chi connectivity index (χ4v) is 3.76. The lowest BCUT2D eigenvalue weighted by molar-refractivity contribution is 0.366. The Kier molecular flexibility index (Phi) is 4.01. The maximum atomic E-state index is 4.93. The number of fused-ring (bicyclic) bond motifs is 1. The summed E-state index contributed by atoms with van der Waals surface area (Å²) in [5, 5.41) is 5.51. The summed E-state index contributed by atoms with van der Waals surface area (Å²) in [5.41, 5.74) is 1.91. The van der Waals surface area contributed by atoms with Crippen molar-refractivity contribution in [2.45, 2.75) is 18.9 Å². The molecule has 134 valence electrons. The molecule has 1 aliphatic heterocycles. The number of hydrogen-bond donors (Lipinski definition) is 0. The summed E-state index contributed by atoms with van der Waals surface area (Å²) in [5.74, 6) is 1.74. The minimum Gasteiger partial charge on any atom is -0.356 e. The molecule has 0 spiro atoms. The average molecular weight is 356 g/mol. The molecular weight excluding hydrogens is 336 g/mol. The van der Waals surface area contributed by atoms with Crippen molar-refractivity contribution in [3.05, 3.63) is 67.3 Å². The SMILES string of the molecule is c1cncc(-c2nc(N3CCC(n4cccn4)CC3)c3ccccc3n2)c1. The minimum absolute atomic E-state index is 0.460. The second kappa shape index (κ2) is 6.79. The van der Waals surface area contributed by atoms with Gasteiger partial charge in [-0.3, -0.25) is 9.67 Å². The molecule has 6 heteroatoms. The van der Waals surface area contributed by atoms with E-state index in [1.807, 2.05) is 36.7 Å². The zero-order valence-corrected chi connectivity index (χ0v) is 14.9. The molecule has 6 nitrogen and oxygen atoms in total. The first-order chi connectivity index (χ1) is 13.4. The van der Waals surface area contributed by atoms with Crippen molar-refractivity contribution in [3.63, 3.8) is 0 Å². The van der Waals surface area contributed by atoms with Gasteiger partial charge in [0.15, 0.2) is 5.82 Å². The Morgan fingerprint density at radius 2 is 1.78 bits per heavy atom. The summed E-state index contributed by atoms with van der Waals surface area (Å²) in [6.07, 6.45) is 9.61. The number of aromatic nitrogens is 5. The summed E-state index contributed by atoms with van der Waals surface area (Å²) >= 11 is 0. The number of pyridine rings is 1. The van der Waals surface area contributed by atoms with Gasteiger partial charge in [0.1, 0.15) is 5.82 Å². The zero-order valence-electron chi connectivity index (χ0n) is 14.9. The van der Waals surface area contributed by atoms with Crippen molar-refractivity contribution in [2.24, 2.45) is 0 Å². The van der Waals surface area contributed by atoms with E-state index in [0.717, 1.165) is 54.0 Å². The number of piperidine rings is 1. The van der Waals surface area contributed by atoms with Crippen LogP contribution in [0.3, 0.4) is 0 Å². The quantitative estimate of drug-likeness (QED) is 0.560. The van der Waals surface area contributed by atoms with E-state index in [4.69, 9.17) is 9.97 Å². The van der Waals surface area contributed by atoms with E-state index in [9.17, 15) is 0 Å². The first-order valence-electron chi connectivity index (χ1n) is 9.30. The molecule has 0 radical (unpaired) electrons. The van der Waals surface area contributed by atoms with Gasteiger partial charge in [0.05, 0.1) is 11.6 Å². The van der Waals surface area contributed by atoms with Crippen LogP contribution in [0.5, 0.6) is 0 Å². The molecule has 1 aliphatic rings. The van der Waals surface area contributed by atoms with Gasteiger partial charge in [0.2, 0.25) is 0 Å². The highest BCUT2D eigenvalue weighted by molar-refractivity contribution is 5.91. The van der Waals surface area contributed by atoms with Crippen molar-refractivity contribution in [3.8, 4) is 11.4 Å². The minimum atomic E-state index is 0.460. The van der Waals surface area contributed by atoms with Gasteiger partial charge in [0, 0.05) is 48.8 Å². The number of rotatable bonds is 3. The van der Waals surface area contributed by atoms with Gasteiger partial charge in [-0.05, 0) is 43.2 Å². The van der Waals surface area contributed by atoms with Gasteiger partial charge in [-0.2, -0.15) is 5.10 Å². The Morgan fingerprint density at radius 1 is 0.889 bits per heavy atom. The summed E-state index contributed by atoms with van der Waals surface area (Å²) in [4.78, 5) is 16.3. The fourth-order valence-electron chi connectivity index (χ4n) is 3.76. The van der Waals surface area contributed by atoms with Crippen LogP contribution in [0.15, 0.2) is 67.3 Å². The van der Waals surface area contributed by atoms with E-state index in [1.165, 1.54) is 0 Å². The van der Waals surface area contributed by atoms with Crippen LogP contribution in [0.4, 0.5) is 5.82 Å². The van der Waals surface area contributed by atoms with E-state index in [2.05, 4.69) is 44.1 Å². The van der Waals surface area contributed by atoms with E-state index >= 15 is 0 Å². The molecule has 0 amide bonds. The predicted octanol–water partition coefficient (Wildman–Crippen LogP) is 3.73. The normalized spacial score (nSPS) is 15.3. The summed E-state index contributed by atoms with van der Waals surface area (Å²) in [6.45, 7) is 1.91. The standard InChI is InChI=1S/C21H20N6/c1-2-7-19-18(6-1)21(25-20(24-19)16-5-3-10-22-15-16)26-13-8-17(9-14-26)27-12-4-11-23-27/h1-7,10-12,15,17H,8-9,13-14H2. The maximum absolute atomic E-state index is 4.93. The molecule has 4 heterocycles. The Balaban J connectivity index is 1.51. The molecule has 3 aromatic heterocycles. The van der Waals surface area contributed by atoms with E-state index in [-0.39, 0.29) is 0 Å². The van der Waals surface area contributed by atoms with Crippen molar-refractivity contribution < 1.29 is 0 Å². The predicted molar refractivity (Wildman–Crippen MR) is 105 cm³/mol. The van der Waals surface area contributed by atoms with Gasteiger partial charge in [-0.1, -0.05) is 12.1 Å². The molecule has 27 heavy (non-hydrogen) atoms. The van der Waals surface area contributed by atoms with Crippen LogP contribution >= 0.6 is 0 Å². The smallest absolute Gasteiger partial charge is 0.163 e. The molecule has 1 aromatic carbocycles. The van der Waals surface area contributed by atoms with E-state index in [0.29, 0.717) is 6.04 Å². The van der Waals surface area contributed by atoms with Gasteiger partial charge in [0.25, 0.3) is 0 Å². The van der Waals surface area contributed by atoms with Crippen LogP contribution < -0.4 is 4.90 Å². The summed E-state index contributed by atoms with van der Waals surface area (Å²) < 4.78 is 2.08. The van der Waals surface area contributed by atoms with Gasteiger partial charge < -0.3 is 4.90 Å². The van der Waals surface area contributed by atoms with Crippen molar-refractivity contribution in [1.29, 1.82) is 0 Å². The second-order valence-electron chi connectivity index (χ2n) is 6.83. The van der Waals surface area contributed by atoms with E-state index < -0.39 is 0 Å². The fraction of sp³-hybridized carbons (Fsp3) is 0.238. The molecule has 4 aromatic rings. The molecule has 0 bridgehead atoms. The number of benzene rings is 1. The molecular formula is C21H20N6. The lowest BCUT2D eigenvalue weighted by Crippen LogP contribution is -2.35. The van der Waals surface area contributed by atoms with Crippen LogP contribution in [0.2, 0.25) is 0 Å². The van der Waals surface area contributed by atoms with Gasteiger partial charge in [-0.25, -0.2) is 9.97 Å². The summed E-state index contributed by atoms with van der Waals surface area (Å²) in [6, 6.07) is 14.6. The number of nitrogens with zero attached hydrogens (tertiary/aromatic N) is 6. The lowest BCUT2D eigenvalue weighted by Gasteiger charge is -2.33. The van der Waals surface area contributed by atoms with Crippen molar-refractivity contribution in [2.75, 3.05) is 18.0 Å². The molecule has 0 N–H and O–H groups in total. The topological polar surface area (TPSA) is 59.7 Å². The highest BCUT2D eigenvalue weighted by Crippen LogP contribution is 2.31. The van der Waals surface area contributed by atoms with Crippen LogP contribution in [-0.4, -0.2) is 37.8 Å². The molecule has 0 unspecified atom stereocenters. The molecule has 0 atom stereocenters. The van der Waals surface area contributed by atoms with Crippen LogP contribution in [-0.2, 0) is 0 Å². The molecule has 0 aliphatic carbocycles. The molecule has 1 saturated heterocycles. The van der Waals surface area contributed by atoms with E-state index in [1.54, 1.807) is 6.20 Å². The van der Waals surface area contributed by atoms with Crippen molar-refractivity contribution in [1.82, 2.24) is 24.7 Å². The summed E-state index contributed by atoms with van der Waals surface area (Å²) in [7, 11) is 0. The van der Waals surface area contributed by atoms with Crippen molar-refractivity contribution >= 4 is 16.7 Å². The average Bonchev–Trinajstić information content (AvgIpc) is 3.29. The zero-order chi connectivity index (χ0) is 18.1. The van der Waals surface area contributed by atoms with Gasteiger partial charge >= 0.3 is 0 Å². The highest BCUT2D eigenvalue weighted by Gasteiger charge is 2.23. The first kappa shape index (κ1) is 15.9. The van der Waals surface area contributed by atoms with Crippen LogP contribution in [0.25, 0.3) is 22.3 Å². The molecule has 1 fully saturated rings. The Labute approximate surface area is 157 Å². The highest BCUT2D eigenvalue weighted by atomic mass is 15.3. The van der Waals surface area contributed by atoms with Crippen LogP contribution in [0.1, 0.15) is 18.9 Å². The third-order valence-corrected chi connectivity index (χ3v) is 5.17. The largest absolute Gasteiger partial charge is 0.356 e. The van der Waals surface area contributed by atoms with Crippen LogP contribution in [0, 0.1) is 0 Å². The Bertz CT molecular complexity index is 1040. The Morgan fingerprint density at radius 3 is 2.56 bits per heavy atom. The Hall–Kier alpha value is -3.28. The lowest BCUT2D eigenvalue weighted by atomic mass is 10.0. The molecule has 0 saturated carbocycles. The third-order valence-electron chi connectivity index (χ3n) is 5.17. The first-order valence-corrected chi connectivity index (χ1v) is 9.30. The number of hydrogen-bond acceptors (Lipinski definition) is 5. The maximum Gasteiger partial charge on any atom is 0.163 e. The third kappa shape index (κ3) is 3.03. The number of para-hydroxylation sites is 1. The molecule has 5 rings (SSSR count). The second-order valence-corrected chi connectivity index (χ2v) is 6.83.